The topological polar surface area (TPSA) is 76.1 Å². The molecule has 2 aromatic carbocycles. The first kappa shape index (κ1) is 17.4. The van der Waals surface area contributed by atoms with E-state index in [-0.39, 0.29) is 5.91 Å². The molecular weight excluding hydrogens is 328 g/mol. The van der Waals surface area contributed by atoms with Crippen LogP contribution in [0.15, 0.2) is 60.7 Å². The Hall–Kier alpha value is -3.41. The van der Waals surface area contributed by atoms with Crippen molar-refractivity contribution in [2.75, 3.05) is 17.7 Å². The monoisotopic (exact) mass is 348 g/mol. The van der Waals surface area contributed by atoms with Crippen molar-refractivity contribution in [3.8, 4) is 5.75 Å². The molecule has 0 radical (unpaired) electrons. The van der Waals surface area contributed by atoms with Crippen LogP contribution in [0.25, 0.3) is 0 Å². The third-order valence-corrected chi connectivity index (χ3v) is 3.75. The molecule has 2 N–H and O–H groups in total. The molecule has 0 saturated carbocycles. The molecule has 0 spiro atoms. The smallest absolute Gasteiger partial charge is 0.274 e. The molecule has 1 aromatic heterocycles. The molecule has 3 aromatic rings. The Bertz CT molecular complexity index is 897. The minimum Gasteiger partial charge on any atom is -0.496 e. The van der Waals surface area contributed by atoms with Gasteiger partial charge in [0, 0.05) is 23.9 Å². The molecule has 132 valence electrons. The average Bonchev–Trinajstić information content (AvgIpc) is 2.67. The molecule has 1 heterocycles. The van der Waals surface area contributed by atoms with Crippen molar-refractivity contribution in [1.29, 1.82) is 0 Å². The van der Waals surface area contributed by atoms with Gasteiger partial charge in [-0.3, -0.25) is 4.79 Å². The number of anilines is 2. The van der Waals surface area contributed by atoms with Crippen LogP contribution < -0.4 is 15.4 Å². The van der Waals surface area contributed by atoms with Gasteiger partial charge in [-0.1, -0.05) is 36.4 Å². The number of carbonyl (C=O) groups is 1. The van der Waals surface area contributed by atoms with Crippen LogP contribution in [0.4, 0.5) is 11.5 Å². The maximum Gasteiger partial charge on any atom is 0.274 e. The number of para-hydroxylation sites is 2. The van der Waals surface area contributed by atoms with Crippen molar-refractivity contribution >= 4 is 17.4 Å². The SMILES string of the molecule is COc1ccccc1CNc1cc(C(=O)Nc2ccccc2)nc(C)n1. The number of nitrogens with zero attached hydrogens (tertiary/aromatic N) is 2. The lowest BCUT2D eigenvalue weighted by molar-refractivity contribution is 0.102. The third kappa shape index (κ3) is 4.36. The number of rotatable bonds is 6. The van der Waals surface area contributed by atoms with Crippen LogP contribution in [0.5, 0.6) is 5.75 Å². The minimum atomic E-state index is -0.276. The summed E-state index contributed by atoms with van der Waals surface area (Å²) < 4.78 is 5.35. The normalized spacial score (nSPS) is 10.2. The molecule has 26 heavy (non-hydrogen) atoms. The van der Waals surface area contributed by atoms with E-state index >= 15 is 0 Å². The Morgan fingerprint density at radius 2 is 1.77 bits per heavy atom. The van der Waals surface area contributed by atoms with Gasteiger partial charge in [0.1, 0.15) is 23.1 Å². The van der Waals surface area contributed by atoms with E-state index in [2.05, 4.69) is 20.6 Å². The number of methoxy groups -OCH3 is 1. The number of hydrogen-bond donors (Lipinski definition) is 2. The Morgan fingerprint density at radius 3 is 2.54 bits per heavy atom. The van der Waals surface area contributed by atoms with Crippen molar-refractivity contribution in [3.63, 3.8) is 0 Å². The number of nitrogens with one attached hydrogen (secondary N) is 2. The molecule has 0 aliphatic carbocycles. The number of ether oxygens (including phenoxy) is 1. The Morgan fingerprint density at radius 1 is 1.04 bits per heavy atom. The van der Waals surface area contributed by atoms with E-state index in [0.717, 1.165) is 17.0 Å². The van der Waals surface area contributed by atoms with Crippen LogP contribution in [0.2, 0.25) is 0 Å². The lowest BCUT2D eigenvalue weighted by atomic mass is 10.2. The van der Waals surface area contributed by atoms with Gasteiger partial charge < -0.3 is 15.4 Å². The molecule has 0 bridgehead atoms. The lowest BCUT2D eigenvalue weighted by Crippen LogP contribution is -2.15. The van der Waals surface area contributed by atoms with Gasteiger partial charge >= 0.3 is 0 Å². The predicted octanol–water partition coefficient (Wildman–Crippen LogP) is 3.66. The molecule has 0 unspecified atom stereocenters. The molecule has 1 amide bonds. The van der Waals surface area contributed by atoms with Crippen LogP contribution in [-0.2, 0) is 6.54 Å². The molecule has 6 nitrogen and oxygen atoms in total. The van der Waals surface area contributed by atoms with Crippen molar-refractivity contribution in [1.82, 2.24) is 9.97 Å². The Kier molecular flexibility index (Phi) is 5.43. The summed E-state index contributed by atoms with van der Waals surface area (Å²) in [6, 6.07) is 18.7. The average molecular weight is 348 g/mol. The molecule has 0 saturated heterocycles. The first-order chi connectivity index (χ1) is 12.7. The number of hydrogen-bond acceptors (Lipinski definition) is 5. The van der Waals surface area contributed by atoms with Gasteiger partial charge in [-0.15, -0.1) is 0 Å². The molecule has 0 aliphatic heterocycles. The number of benzene rings is 2. The van der Waals surface area contributed by atoms with Gasteiger partial charge in [0.2, 0.25) is 0 Å². The molecule has 0 aliphatic rings. The van der Waals surface area contributed by atoms with E-state index in [1.165, 1.54) is 0 Å². The third-order valence-electron chi connectivity index (χ3n) is 3.75. The fraction of sp³-hybridized carbons (Fsp3) is 0.150. The van der Waals surface area contributed by atoms with Crippen LogP contribution in [0.1, 0.15) is 21.9 Å². The zero-order valence-electron chi connectivity index (χ0n) is 14.7. The summed E-state index contributed by atoms with van der Waals surface area (Å²) >= 11 is 0. The first-order valence-corrected chi connectivity index (χ1v) is 8.23. The molecular formula is C20H20N4O2. The number of aryl methyl sites for hydroxylation is 1. The summed E-state index contributed by atoms with van der Waals surface area (Å²) in [5.74, 6) is 1.63. The standard InChI is InChI=1S/C20H20N4O2/c1-14-22-17(20(25)24-16-9-4-3-5-10-16)12-19(23-14)21-13-15-8-6-7-11-18(15)26-2/h3-12H,13H2,1-2H3,(H,24,25)(H,21,22,23). The van der Waals surface area contributed by atoms with Gasteiger partial charge in [0.05, 0.1) is 7.11 Å². The summed E-state index contributed by atoms with van der Waals surface area (Å²) in [4.78, 5) is 21.0. The lowest BCUT2D eigenvalue weighted by Gasteiger charge is -2.11. The van der Waals surface area contributed by atoms with Gasteiger partial charge in [0.15, 0.2) is 0 Å². The highest BCUT2D eigenvalue weighted by molar-refractivity contribution is 6.03. The highest BCUT2D eigenvalue weighted by atomic mass is 16.5. The van der Waals surface area contributed by atoms with Crippen molar-refractivity contribution < 1.29 is 9.53 Å². The maximum absolute atomic E-state index is 12.4. The van der Waals surface area contributed by atoms with E-state index in [1.54, 1.807) is 20.1 Å². The number of carbonyl (C=O) groups excluding carboxylic acids is 1. The maximum atomic E-state index is 12.4. The second-order valence-corrected chi connectivity index (χ2v) is 5.67. The fourth-order valence-electron chi connectivity index (χ4n) is 2.53. The largest absolute Gasteiger partial charge is 0.496 e. The summed E-state index contributed by atoms with van der Waals surface area (Å²) in [5.41, 5.74) is 2.03. The summed E-state index contributed by atoms with van der Waals surface area (Å²) in [6.07, 6.45) is 0. The second kappa shape index (κ2) is 8.11. The Labute approximate surface area is 152 Å². The quantitative estimate of drug-likeness (QED) is 0.711. The van der Waals surface area contributed by atoms with E-state index in [1.807, 2.05) is 54.6 Å². The van der Waals surface area contributed by atoms with E-state index in [9.17, 15) is 4.79 Å². The van der Waals surface area contributed by atoms with E-state index < -0.39 is 0 Å². The zero-order chi connectivity index (χ0) is 18.4. The van der Waals surface area contributed by atoms with Crippen molar-refractivity contribution in [2.24, 2.45) is 0 Å². The first-order valence-electron chi connectivity index (χ1n) is 8.23. The van der Waals surface area contributed by atoms with Crippen LogP contribution in [0.3, 0.4) is 0 Å². The summed E-state index contributed by atoms with van der Waals surface area (Å²) in [6.45, 7) is 2.29. The molecule has 6 heteroatoms. The van der Waals surface area contributed by atoms with Crippen molar-refractivity contribution in [3.05, 3.63) is 77.7 Å². The molecule has 0 fully saturated rings. The highest BCUT2D eigenvalue weighted by Crippen LogP contribution is 2.19. The fourth-order valence-corrected chi connectivity index (χ4v) is 2.53. The number of aromatic nitrogens is 2. The van der Waals surface area contributed by atoms with Crippen LogP contribution in [0, 0.1) is 6.92 Å². The van der Waals surface area contributed by atoms with Crippen LogP contribution in [-0.4, -0.2) is 23.0 Å². The summed E-state index contributed by atoms with van der Waals surface area (Å²) in [5, 5.41) is 6.05. The Balaban J connectivity index is 1.74. The van der Waals surface area contributed by atoms with Gasteiger partial charge in [-0.05, 0) is 25.1 Å². The van der Waals surface area contributed by atoms with Crippen molar-refractivity contribution in [2.45, 2.75) is 13.5 Å². The highest BCUT2D eigenvalue weighted by Gasteiger charge is 2.11. The molecule has 3 rings (SSSR count). The number of amides is 1. The van der Waals surface area contributed by atoms with Gasteiger partial charge in [0.25, 0.3) is 5.91 Å². The predicted molar refractivity (Wildman–Crippen MR) is 101 cm³/mol. The zero-order valence-corrected chi connectivity index (χ0v) is 14.7. The van der Waals surface area contributed by atoms with Gasteiger partial charge in [-0.25, -0.2) is 9.97 Å². The van der Waals surface area contributed by atoms with Gasteiger partial charge in [-0.2, -0.15) is 0 Å². The summed E-state index contributed by atoms with van der Waals surface area (Å²) in [7, 11) is 1.64. The van der Waals surface area contributed by atoms with Crippen LogP contribution >= 0.6 is 0 Å². The second-order valence-electron chi connectivity index (χ2n) is 5.67. The van der Waals surface area contributed by atoms with E-state index in [4.69, 9.17) is 4.74 Å². The molecule has 0 atom stereocenters. The minimum absolute atomic E-state index is 0.276. The van der Waals surface area contributed by atoms with E-state index in [0.29, 0.717) is 23.9 Å².